The third-order valence-corrected chi connectivity index (χ3v) is 2.93. The number of amides is 1. The molecule has 0 aliphatic heterocycles. The second kappa shape index (κ2) is 7.32. The maximum atomic E-state index is 11.9. The standard InChI is InChI=1S/C14H17N5O3/c1-2-15-7-11-4-3-5-12(6-11)17-14(20)10-18-9-13(8-16-18)19(21)22/h3-6,8-9,15H,2,7,10H2,1H3,(H,17,20). The zero-order valence-electron chi connectivity index (χ0n) is 12.2. The second-order valence-corrected chi connectivity index (χ2v) is 4.68. The fourth-order valence-corrected chi connectivity index (χ4v) is 1.91. The number of carbonyl (C=O) groups is 1. The van der Waals surface area contributed by atoms with E-state index < -0.39 is 4.92 Å². The number of aromatic nitrogens is 2. The predicted molar refractivity (Wildman–Crippen MR) is 81.3 cm³/mol. The molecule has 2 aromatic rings. The number of benzene rings is 1. The van der Waals surface area contributed by atoms with E-state index in [9.17, 15) is 14.9 Å². The zero-order valence-corrected chi connectivity index (χ0v) is 12.2. The van der Waals surface area contributed by atoms with Gasteiger partial charge < -0.3 is 10.6 Å². The first-order chi connectivity index (χ1) is 10.6. The van der Waals surface area contributed by atoms with Crippen molar-refractivity contribution >= 4 is 17.3 Å². The van der Waals surface area contributed by atoms with E-state index in [1.807, 2.05) is 25.1 Å². The molecule has 2 rings (SSSR count). The zero-order chi connectivity index (χ0) is 15.9. The maximum absolute atomic E-state index is 11.9. The molecule has 0 unspecified atom stereocenters. The van der Waals surface area contributed by atoms with Gasteiger partial charge in [-0.1, -0.05) is 19.1 Å². The number of nitro groups is 1. The van der Waals surface area contributed by atoms with Gasteiger partial charge in [-0.2, -0.15) is 5.10 Å². The smallest absolute Gasteiger partial charge is 0.307 e. The van der Waals surface area contributed by atoms with Crippen LogP contribution in [0.3, 0.4) is 0 Å². The summed E-state index contributed by atoms with van der Waals surface area (Å²) in [5.41, 5.74) is 1.61. The van der Waals surface area contributed by atoms with Crippen LogP contribution in [0.5, 0.6) is 0 Å². The lowest BCUT2D eigenvalue weighted by atomic mass is 10.2. The van der Waals surface area contributed by atoms with Crippen LogP contribution in [0.2, 0.25) is 0 Å². The lowest BCUT2D eigenvalue weighted by molar-refractivity contribution is -0.385. The first-order valence-corrected chi connectivity index (χ1v) is 6.85. The van der Waals surface area contributed by atoms with E-state index in [0.29, 0.717) is 5.69 Å². The summed E-state index contributed by atoms with van der Waals surface area (Å²) in [6, 6.07) is 7.50. The SMILES string of the molecule is CCNCc1cccc(NC(=O)Cn2cc([N+](=O)[O-])cn2)c1. The van der Waals surface area contributed by atoms with Crippen molar-refractivity contribution in [2.45, 2.75) is 20.0 Å². The van der Waals surface area contributed by atoms with E-state index in [1.54, 1.807) is 6.07 Å². The number of rotatable bonds is 7. The molecule has 1 aromatic heterocycles. The first-order valence-electron chi connectivity index (χ1n) is 6.85. The molecule has 1 heterocycles. The second-order valence-electron chi connectivity index (χ2n) is 4.68. The number of nitrogens with zero attached hydrogens (tertiary/aromatic N) is 3. The number of nitrogens with one attached hydrogen (secondary N) is 2. The van der Waals surface area contributed by atoms with Gasteiger partial charge in [-0.15, -0.1) is 0 Å². The minimum atomic E-state index is -0.550. The van der Waals surface area contributed by atoms with E-state index in [-0.39, 0.29) is 18.1 Å². The molecule has 0 spiro atoms. The molecule has 22 heavy (non-hydrogen) atoms. The predicted octanol–water partition coefficient (Wildman–Crippen LogP) is 1.54. The Balaban J connectivity index is 1.94. The molecule has 0 aliphatic carbocycles. The molecule has 0 aliphatic rings. The van der Waals surface area contributed by atoms with Crippen molar-refractivity contribution in [1.29, 1.82) is 0 Å². The molecule has 116 valence electrons. The van der Waals surface area contributed by atoms with Gasteiger partial charge in [0.1, 0.15) is 18.9 Å². The molecule has 0 saturated heterocycles. The van der Waals surface area contributed by atoms with Gasteiger partial charge in [0.15, 0.2) is 0 Å². The summed E-state index contributed by atoms with van der Waals surface area (Å²) < 4.78 is 1.23. The molecule has 0 atom stereocenters. The number of hydrogen-bond donors (Lipinski definition) is 2. The van der Waals surface area contributed by atoms with Gasteiger partial charge in [0, 0.05) is 12.2 Å². The van der Waals surface area contributed by atoms with E-state index in [4.69, 9.17) is 0 Å². The van der Waals surface area contributed by atoms with Crippen molar-refractivity contribution in [3.63, 3.8) is 0 Å². The summed E-state index contributed by atoms with van der Waals surface area (Å²) in [5.74, 6) is -0.293. The van der Waals surface area contributed by atoms with Crippen LogP contribution in [-0.4, -0.2) is 27.2 Å². The summed E-state index contributed by atoms with van der Waals surface area (Å²) in [5, 5.41) is 20.3. The van der Waals surface area contributed by atoms with Crippen molar-refractivity contribution < 1.29 is 9.72 Å². The highest BCUT2D eigenvalue weighted by molar-refractivity contribution is 5.90. The number of hydrogen-bond acceptors (Lipinski definition) is 5. The summed E-state index contributed by atoms with van der Waals surface area (Å²) >= 11 is 0. The van der Waals surface area contributed by atoms with Gasteiger partial charge in [0.05, 0.1) is 4.92 Å². The molecule has 0 bridgehead atoms. The lowest BCUT2D eigenvalue weighted by Gasteiger charge is -2.08. The van der Waals surface area contributed by atoms with E-state index >= 15 is 0 Å². The van der Waals surface area contributed by atoms with Gasteiger partial charge in [-0.05, 0) is 24.2 Å². The maximum Gasteiger partial charge on any atom is 0.307 e. The van der Waals surface area contributed by atoms with Crippen molar-refractivity contribution in [3.8, 4) is 0 Å². The van der Waals surface area contributed by atoms with Crippen LogP contribution < -0.4 is 10.6 Å². The largest absolute Gasteiger partial charge is 0.324 e. The van der Waals surface area contributed by atoms with Crippen LogP contribution in [0.1, 0.15) is 12.5 Å². The number of carbonyl (C=O) groups excluding carboxylic acids is 1. The lowest BCUT2D eigenvalue weighted by Crippen LogP contribution is -2.19. The van der Waals surface area contributed by atoms with Crippen LogP contribution in [0, 0.1) is 10.1 Å². The summed E-state index contributed by atoms with van der Waals surface area (Å²) in [6.45, 7) is 3.54. The van der Waals surface area contributed by atoms with E-state index in [2.05, 4.69) is 15.7 Å². The van der Waals surface area contributed by atoms with Crippen molar-refractivity contribution in [1.82, 2.24) is 15.1 Å². The highest BCUT2D eigenvalue weighted by atomic mass is 16.6. The molecular weight excluding hydrogens is 286 g/mol. The molecule has 1 amide bonds. The molecule has 8 nitrogen and oxygen atoms in total. The average Bonchev–Trinajstić information content (AvgIpc) is 2.94. The summed E-state index contributed by atoms with van der Waals surface area (Å²) in [4.78, 5) is 21.9. The van der Waals surface area contributed by atoms with Gasteiger partial charge in [0.2, 0.25) is 5.91 Å². The molecule has 2 N–H and O–H groups in total. The van der Waals surface area contributed by atoms with E-state index in [0.717, 1.165) is 24.8 Å². The normalized spacial score (nSPS) is 10.4. The quantitative estimate of drug-likeness (QED) is 0.596. The Morgan fingerprint density at radius 1 is 1.45 bits per heavy atom. The van der Waals surface area contributed by atoms with Gasteiger partial charge in [-0.3, -0.25) is 19.6 Å². The fraction of sp³-hybridized carbons (Fsp3) is 0.286. The highest BCUT2D eigenvalue weighted by Gasteiger charge is 2.11. The minimum absolute atomic E-state index is 0.0781. The molecule has 1 aromatic carbocycles. The molecule has 0 fully saturated rings. The van der Waals surface area contributed by atoms with Crippen LogP contribution in [-0.2, 0) is 17.9 Å². The Bertz CT molecular complexity index is 668. The van der Waals surface area contributed by atoms with Gasteiger partial charge >= 0.3 is 5.69 Å². The van der Waals surface area contributed by atoms with Gasteiger partial charge in [-0.25, -0.2) is 0 Å². The topological polar surface area (TPSA) is 102 Å². The Morgan fingerprint density at radius 3 is 2.95 bits per heavy atom. The first kappa shape index (κ1) is 15.6. The molecule has 0 radical (unpaired) electrons. The van der Waals surface area contributed by atoms with Crippen LogP contribution in [0.4, 0.5) is 11.4 Å². The fourth-order valence-electron chi connectivity index (χ4n) is 1.91. The Labute approximate surface area is 127 Å². The summed E-state index contributed by atoms with van der Waals surface area (Å²) in [7, 11) is 0. The molecule has 0 saturated carbocycles. The van der Waals surface area contributed by atoms with Crippen LogP contribution >= 0.6 is 0 Å². The number of anilines is 1. The summed E-state index contributed by atoms with van der Waals surface area (Å²) in [6.07, 6.45) is 2.34. The monoisotopic (exact) mass is 303 g/mol. The Morgan fingerprint density at radius 2 is 2.27 bits per heavy atom. The van der Waals surface area contributed by atoms with Crippen LogP contribution in [0.15, 0.2) is 36.7 Å². The van der Waals surface area contributed by atoms with Crippen LogP contribution in [0.25, 0.3) is 0 Å². The molecular formula is C14H17N5O3. The molecule has 8 heteroatoms. The third-order valence-electron chi connectivity index (χ3n) is 2.93. The Hall–Kier alpha value is -2.74. The van der Waals surface area contributed by atoms with Crippen molar-refractivity contribution in [2.75, 3.05) is 11.9 Å². The minimum Gasteiger partial charge on any atom is -0.324 e. The van der Waals surface area contributed by atoms with E-state index in [1.165, 1.54) is 10.9 Å². The Kier molecular flexibility index (Phi) is 5.21. The van der Waals surface area contributed by atoms with Crippen molar-refractivity contribution in [2.24, 2.45) is 0 Å². The average molecular weight is 303 g/mol. The third kappa shape index (κ3) is 4.38. The van der Waals surface area contributed by atoms with Gasteiger partial charge in [0.25, 0.3) is 0 Å². The van der Waals surface area contributed by atoms with Crippen molar-refractivity contribution in [3.05, 3.63) is 52.3 Å². The highest BCUT2D eigenvalue weighted by Crippen LogP contribution is 2.11.